The minimum Gasteiger partial charge on any atom is -0.370 e. The van der Waals surface area contributed by atoms with Crippen LogP contribution in [0.3, 0.4) is 0 Å². The average molecular weight is 504 g/mol. The number of nitrogens with zero attached hydrogens (tertiary/aromatic N) is 5. The lowest BCUT2D eigenvalue weighted by Crippen LogP contribution is -2.49. The van der Waals surface area contributed by atoms with Crippen LogP contribution in [0.15, 0.2) is 17.4 Å². The zero-order chi connectivity index (χ0) is 19.2. The van der Waals surface area contributed by atoms with E-state index in [1.54, 1.807) is 11.7 Å². The summed E-state index contributed by atoms with van der Waals surface area (Å²) in [6.07, 6.45) is 7.79. The number of ether oxygens (including phenoxy) is 1. The van der Waals surface area contributed by atoms with Crippen molar-refractivity contribution in [1.82, 2.24) is 24.9 Å². The van der Waals surface area contributed by atoms with Gasteiger partial charge in [-0.3, -0.25) is 14.5 Å². The number of piperidine rings is 1. The molecule has 2 saturated heterocycles. The van der Waals surface area contributed by atoms with E-state index in [9.17, 15) is 4.79 Å². The van der Waals surface area contributed by atoms with Gasteiger partial charge in [-0.1, -0.05) is 0 Å². The number of morpholine rings is 1. The van der Waals surface area contributed by atoms with Gasteiger partial charge in [0.2, 0.25) is 5.91 Å². The van der Waals surface area contributed by atoms with Crippen LogP contribution in [0, 0.1) is 0 Å². The van der Waals surface area contributed by atoms with E-state index in [0.717, 1.165) is 44.0 Å². The third-order valence-corrected chi connectivity index (χ3v) is 5.42. The van der Waals surface area contributed by atoms with Gasteiger partial charge in [-0.15, -0.1) is 24.0 Å². The molecule has 3 rings (SSSR count). The van der Waals surface area contributed by atoms with Crippen LogP contribution in [0.5, 0.6) is 0 Å². The van der Waals surface area contributed by atoms with Crippen molar-refractivity contribution in [3.05, 3.63) is 18.0 Å². The summed E-state index contributed by atoms with van der Waals surface area (Å²) >= 11 is 0. The number of carbonyl (C=O) groups excluding carboxylic acids is 1. The number of amides is 1. The van der Waals surface area contributed by atoms with Crippen LogP contribution in [-0.4, -0.2) is 77.3 Å². The molecule has 0 aliphatic carbocycles. The Bertz CT molecular complexity index is 665. The Hall–Kier alpha value is -1.36. The topological polar surface area (TPSA) is 75.0 Å². The summed E-state index contributed by atoms with van der Waals surface area (Å²) in [5.41, 5.74) is 1.08. The number of guanidine groups is 1. The Morgan fingerprint density at radius 3 is 2.89 bits per heavy atom. The molecule has 28 heavy (non-hydrogen) atoms. The number of carbonyl (C=O) groups is 1. The molecule has 2 atom stereocenters. The normalized spacial score (nSPS) is 23.3. The molecule has 0 radical (unpaired) electrons. The van der Waals surface area contributed by atoms with E-state index in [1.165, 1.54) is 6.42 Å². The van der Waals surface area contributed by atoms with Gasteiger partial charge in [0.1, 0.15) is 6.10 Å². The molecule has 0 bridgehead atoms. The molecule has 9 heteroatoms. The van der Waals surface area contributed by atoms with Crippen molar-refractivity contribution >= 4 is 35.8 Å². The summed E-state index contributed by atoms with van der Waals surface area (Å²) in [5.74, 6) is 1.06. The lowest BCUT2D eigenvalue weighted by atomic mass is 10.0. The third-order valence-electron chi connectivity index (χ3n) is 5.42. The molecule has 0 aromatic carbocycles. The number of hydrogen-bond acceptors (Lipinski definition) is 4. The van der Waals surface area contributed by atoms with E-state index in [1.807, 2.05) is 24.3 Å². The third kappa shape index (κ3) is 5.82. The molecule has 2 aliphatic heterocycles. The Labute approximate surface area is 184 Å². The van der Waals surface area contributed by atoms with Gasteiger partial charge in [-0.25, -0.2) is 0 Å². The highest BCUT2D eigenvalue weighted by Crippen LogP contribution is 2.21. The zero-order valence-corrected chi connectivity index (χ0v) is 19.5. The quantitative estimate of drug-likeness (QED) is 0.385. The van der Waals surface area contributed by atoms with E-state index in [4.69, 9.17) is 4.74 Å². The van der Waals surface area contributed by atoms with Gasteiger partial charge in [0.05, 0.1) is 19.3 Å². The maximum absolute atomic E-state index is 12.5. The second kappa shape index (κ2) is 11.0. The minimum absolute atomic E-state index is 0. The predicted octanol–water partition coefficient (Wildman–Crippen LogP) is 1.78. The van der Waals surface area contributed by atoms with Gasteiger partial charge >= 0.3 is 0 Å². The van der Waals surface area contributed by atoms with Gasteiger partial charge in [0, 0.05) is 58.0 Å². The van der Waals surface area contributed by atoms with E-state index < -0.39 is 0 Å². The molecule has 1 amide bonds. The fraction of sp³-hybridized carbons (Fsp3) is 0.737. The highest BCUT2D eigenvalue weighted by Gasteiger charge is 2.26. The van der Waals surface area contributed by atoms with Crippen molar-refractivity contribution in [2.75, 3.05) is 39.8 Å². The molecule has 2 unspecified atom stereocenters. The number of aliphatic imine (C=N–C) groups is 1. The fourth-order valence-electron chi connectivity index (χ4n) is 3.88. The first-order chi connectivity index (χ1) is 13.1. The first kappa shape index (κ1) is 22.9. The van der Waals surface area contributed by atoms with Crippen LogP contribution < -0.4 is 5.32 Å². The largest absolute Gasteiger partial charge is 0.370 e. The van der Waals surface area contributed by atoms with Crippen LogP contribution in [0.4, 0.5) is 0 Å². The Morgan fingerprint density at radius 2 is 2.21 bits per heavy atom. The van der Waals surface area contributed by atoms with Gasteiger partial charge in [-0.05, 0) is 26.2 Å². The number of hydrogen-bond donors (Lipinski definition) is 1. The summed E-state index contributed by atoms with van der Waals surface area (Å²) in [5, 5.41) is 7.58. The van der Waals surface area contributed by atoms with Crippen LogP contribution in [0.25, 0.3) is 0 Å². The molecule has 1 aromatic heterocycles. The first-order valence-corrected chi connectivity index (χ1v) is 9.93. The minimum atomic E-state index is -0.0122. The summed E-state index contributed by atoms with van der Waals surface area (Å²) in [4.78, 5) is 21.1. The van der Waals surface area contributed by atoms with Gasteiger partial charge in [-0.2, -0.15) is 5.10 Å². The van der Waals surface area contributed by atoms with Crippen molar-refractivity contribution in [2.45, 2.75) is 44.8 Å². The molecule has 3 heterocycles. The lowest BCUT2D eigenvalue weighted by molar-refractivity contribution is -0.134. The molecule has 0 spiro atoms. The molecule has 2 fully saturated rings. The van der Waals surface area contributed by atoms with Crippen molar-refractivity contribution in [1.29, 1.82) is 0 Å². The molecular formula is C19H33IN6O2. The first-order valence-electron chi connectivity index (χ1n) is 9.93. The number of aryl methyl sites for hydroxylation is 1. The lowest BCUT2D eigenvalue weighted by Gasteiger charge is -2.35. The average Bonchev–Trinajstić information content (AvgIpc) is 3.12. The molecule has 2 aliphatic rings. The number of rotatable bonds is 4. The highest BCUT2D eigenvalue weighted by molar-refractivity contribution is 14.0. The zero-order valence-electron chi connectivity index (χ0n) is 17.1. The SMILES string of the molecule is CN=C(NCCC(=O)N1CCCCC1C)N1CCOC(c2cnn(C)c2)C1.I. The summed E-state index contributed by atoms with van der Waals surface area (Å²) in [6, 6.07) is 0.366. The van der Waals surface area contributed by atoms with Gasteiger partial charge in [0.25, 0.3) is 0 Å². The molecule has 158 valence electrons. The molecule has 1 N–H and O–H groups in total. The molecule has 1 aromatic rings. The van der Waals surface area contributed by atoms with Crippen LogP contribution in [0.1, 0.15) is 44.3 Å². The van der Waals surface area contributed by atoms with E-state index in [2.05, 4.69) is 27.2 Å². The van der Waals surface area contributed by atoms with Crippen molar-refractivity contribution in [2.24, 2.45) is 12.0 Å². The van der Waals surface area contributed by atoms with E-state index in [0.29, 0.717) is 25.6 Å². The molecule has 0 saturated carbocycles. The van der Waals surface area contributed by atoms with Crippen molar-refractivity contribution < 1.29 is 9.53 Å². The van der Waals surface area contributed by atoms with E-state index in [-0.39, 0.29) is 36.0 Å². The monoisotopic (exact) mass is 504 g/mol. The predicted molar refractivity (Wildman–Crippen MR) is 120 cm³/mol. The Balaban J connectivity index is 0.00000280. The maximum Gasteiger partial charge on any atom is 0.224 e. The summed E-state index contributed by atoms with van der Waals surface area (Å²) in [7, 11) is 3.69. The van der Waals surface area contributed by atoms with Crippen LogP contribution in [-0.2, 0) is 16.6 Å². The number of likely N-dealkylation sites (tertiary alicyclic amines) is 1. The van der Waals surface area contributed by atoms with Gasteiger partial charge < -0.3 is 19.9 Å². The van der Waals surface area contributed by atoms with Crippen LogP contribution in [0.2, 0.25) is 0 Å². The van der Waals surface area contributed by atoms with Gasteiger partial charge in [0.15, 0.2) is 5.96 Å². The van der Waals surface area contributed by atoms with Crippen molar-refractivity contribution in [3.63, 3.8) is 0 Å². The molecule has 8 nitrogen and oxygen atoms in total. The maximum atomic E-state index is 12.5. The van der Waals surface area contributed by atoms with E-state index >= 15 is 0 Å². The summed E-state index contributed by atoms with van der Waals surface area (Å²) < 4.78 is 7.69. The Morgan fingerprint density at radius 1 is 1.39 bits per heavy atom. The second-order valence-electron chi connectivity index (χ2n) is 7.41. The molecular weight excluding hydrogens is 471 g/mol. The fourth-order valence-corrected chi connectivity index (χ4v) is 3.88. The van der Waals surface area contributed by atoms with Crippen molar-refractivity contribution in [3.8, 4) is 0 Å². The number of halogens is 1. The highest BCUT2D eigenvalue weighted by atomic mass is 127. The second-order valence-corrected chi connectivity index (χ2v) is 7.41. The number of aromatic nitrogens is 2. The standard InChI is InChI=1S/C19H32N6O2.HI/c1-15-6-4-5-9-25(15)18(26)7-8-21-19(20-2)24-10-11-27-17(14-24)16-12-22-23(3)13-16;/h12-13,15,17H,4-11,14H2,1-3H3,(H,20,21);1H. The smallest absolute Gasteiger partial charge is 0.224 e. The number of nitrogens with one attached hydrogen (secondary N) is 1. The van der Waals surface area contributed by atoms with Crippen LogP contribution >= 0.6 is 24.0 Å². The summed E-state index contributed by atoms with van der Waals surface area (Å²) in [6.45, 7) is 5.80. The Kier molecular flexibility index (Phi) is 9.00.